The van der Waals surface area contributed by atoms with Gasteiger partial charge in [0.15, 0.2) is 11.5 Å². The number of hydrogen-bond acceptors (Lipinski definition) is 5. The largest absolute Gasteiger partial charge is 0.481 e. The van der Waals surface area contributed by atoms with Crippen LogP contribution in [0.4, 0.5) is 13.2 Å². The maximum Gasteiger partial charge on any atom is 0.433 e. The minimum Gasteiger partial charge on any atom is -0.481 e. The van der Waals surface area contributed by atoms with E-state index in [4.69, 9.17) is 23.2 Å². The summed E-state index contributed by atoms with van der Waals surface area (Å²) >= 11 is 12.2. The molecule has 2 aromatic rings. The van der Waals surface area contributed by atoms with Crippen molar-refractivity contribution in [3.63, 3.8) is 0 Å². The molecule has 1 saturated carbocycles. The van der Waals surface area contributed by atoms with Gasteiger partial charge in [-0.1, -0.05) is 44.0 Å². The number of ketones is 1. The number of aromatic nitrogens is 3. The molecule has 1 aliphatic rings. The summed E-state index contributed by atoms with van der Waals surface area (Å²) < 4.78 is 44.0. The maximum atomic E-state index is 14.4. The fourth-order valence-electron chi connectivity index (χ4n) is 4.70. The zero-order valence-corrected chi connectivity index (χ0v) is 23.6. The summed E-state index contributed by atoms with van der Waals surface area (Å²) in [7, 11) is 0. The van der Waals surface area contributed by atoms with Gasteiger partial charge in [0.1, 0.15) is 0 Å². The summed E-state index contributed by atoms with van der Waals surface area (Å²) in [6, 6.07) is -0.729. The summed E-state index contributed by atoms with van der Waals surface area (Å²) in [5, 5.41) is 13.4. The van der Waals surface area contributed by atoms with Crippen molar-refractivity contribution in [2.45, 2.75) is 72.0 Å². The monoisotopic (exact) mass is 590 g/mol. The van der Waals surface area contributed by atoms with E-state index in [2.05, 4.69) is 10.1 Å². The zero-order valence-electron chi connectivity index (χ0n) is 22.1. The second-order valence-electron chi connectivity index (χ2n) is 11.0. The van der Waals surface area contributed by atoms with Crippen molar-refractivity contribution in [1.29, 1.82) is 0 Å². The topological polar surface area (TPSA) is 105 Å². The third-order valence-electron chi connectivity index (χ3n) is 7.55. The minimum absolute atomic E-state index is 0.0166. The number of Topliss-reactive ketones (excluding diaryl/α,β-unsaturated/α-hetero) is 1. The number of amides is 1. The third kappa shape index (κ3) is 6.74. The molecule has 0 atom stereocenters. The van der Waals surface area contributed by atoms with Crippen LogP contribution in [0.15, 0.2) is 18.6 Å². The molecule has 13 heteroatoms. The predicted molar refractivity (Wildman–Crippen MR) is 139 cm³/mol. The van der Waals surface area contributed by atoms with Gasteiger partial charge in [0.2, 0.25) is 0 Å². The molecule has 1 fully saturated rings. The highest BCUT2D eigenvalue weighted by Crippen LogP contribution is 2.43. The van der Waals surface area contributed by atoms with Gasteiger partial charge in [0.25, 0.3) is 5.91 Å². The molecule has 2 heterocycles. The molecular weight excluding hydrogens is 560 g/mol. The van der Waals surface area contributed by atoms with Crippen molar-refractivity contribution < 1.29 is 32.7 Å². The number of carbonyl (C=O) groups is 3. The van der Waals surface area contributed by atoms with Crippen LogP contribution in [0.25, 0.3) is 0 Å². The van der Waals surface area contributed by atoms with Crippen molar-refractivity contribution in [2.75, 3.05) is 13.1 Å². The van der Waals surface area contributed by atoms with Crippen LogP contribution in [0.3, 0.4) is 0 Å². The standard InChI is InChI=1S/C26H31Cl2F3N4O4/c1-5-24(2,3)14-34(13-19(36)20-17(27)11-32-12-18(20)28)22(37)16-10-33-35(21(16)26(29,30)31)15-6-8-25(4,9-7-15)23(38)39/h10-12,15H,5-9,13-14H2,1-4H3,(H,38,39)/t15-,25-. The summed E-state index contributed by atoms with van der Waals surface area (Å²) in [6.45, 7) is 6.53. The number of pyridine rings is 1. The molecule has 39 heavy (non-hydrogen) atoms. The van der Waals surface area contributed by atoms with E-state index in [1.54, 1.807) is 6.92 Å². The first-order valence-corrected chi connectivity index (χ1v) is 13.3. The van der Waals surface area contributed by atoms with E-state index < -0.39 is 58.5 Å². The molecule has 0 aliphatic heterocycles. The molecule has 0 unspecified atom stereocenters. The Morgan fingerprint density at radius 1 is 1.13 bits per heavy atom. The van der Waals surface area contributed by atoms with E-state index in [0.717, 1.165) is 15.8 Å². The summed E-state index contributed by atoms with van der Waals surface area (Å²) in [5.41, 5.74) is -3.53. The van der Waals surface area contributed by atoms with E-state index in [-0.39, 0.29) is 47.8 Å². The molecule has 0 spiro atoms. The Kier molecular flexibility index (Phi) is 9.06. The number of alkyl halides is 3. The average molecular weight is 591 g/mol. The highest BCUT2D eigenvalue weighted by molar-refractivity contribution is 6.39. The van der Waals surface area contributed by atoms with E-state index in [1.165, 1.54) is 12.4 Å². The van der Waals surface area contributed by atoms with Gasteiger partial charge in [-0.3, -0.25) is 24.0 Å². The third-order valence-corrected chi connectivity index (χ3v) is 8.12. The van der Waals surface area contributed by atoms with Gasteiger partial charge < -0.3 is 10.0 Å². The molecule has 0 saturated heterocycles. The fraction of sp³-hybridized carbons (Fsp3) is 0.577. The quantitative estimate of drug-likeness (QED) is 0.331. The lowest BCUT2D eigenvalue weighted by molar-refractivity contribution is -0.152. The van der Waals surface area contributed by atoms with Gasteiger partial charge in [0, 0.05) is 18.9 Å². The SMILES string of the molecule is CCC(C)(C)CN(CC(=O)c1c(Cl)cncc1Cl)C(=O)c1cnn([C@H]2CC[C@](C)(C(=O)O)CC2)c1C(F)(F)F. The Balaban J connectivity index is 2.00. The average Bonchev–Trinajstić information content (AvgIpc) is 3.29. The number of rotatable bonds is 9. The normalized spacial score (nSPS) is 20.1. The van der Waals surface area contributed by atoms with Crippen molar-refractivity contribution in [2.24, 2.45) is 10.8 Å². The smallest absolute Gasteiger partial charge is 0.433 e. The van der Waals surface area contributed by atoms with Crippen molar-refractivity contribution in [1.82, 2.24) is 19.7 Å². The number of hydrogen-bond donors (Lipinski definition) is 1. The Morgan fingerprint density at radius 2 is 1.69 bits per heavy atom. The Hall–Kier alpha value is -2.66. The highest BCUT2D eigenvalue weighted by Gasteiger charge is 2.45. The van der Waals surface area contributed by atoms with E-state index in [0.29, 0.717) is 6.42 Å². The molecule has 0 bridgehead atoms. The summed E-state index contributed by atoms with van der Waals surface area (Å²) in [5.74, 6) is -2.65. The van der Waals surface area contributed by atoms with Gasteiger partial charge in [-0.05, 0) is 44.4 Å². The number of carbonyl (C=O) groups excluding carboxylic acids is 2. The van der Waals surface area contributed by atoms with Crippen LogP contribution in [0.2, 0.25) is 10.0 Å². The Bertz CT molecular complexity index is 1230. The fourth-order valence-corrected chi connectivity index (χ4v) is 5.28. The van der Waals surface area contributed by atoms with Crippen LogP contribution in [0, 0.1) is 10.8 Å². The Labute approximate surface area is 234 Å². The maximum absolute atomic E-state index is 14.4. The Morgan fingerprint density at radius 3 is 2.18 bits per heavy atom. The number of carboxylic acid groups (broad SMARTS) is 1. The molecule has 1 aliphatic carbocycles. The number of aliphatic carboxylic acids is 1. The predicted octanol–water partition coefficient (Wildman–Crippen LogP) is 6.57. The summed E-state index contributed by atoms with van der Waals surface area (Å²) in [4.78, 5) is 43.3. The highest BCUT2D eigenvalue weighted by atomic mass is 35.5. The van der Waals surface area contributed by atoms with Crippen molar-refractivity contribution in [3.8, 4) is 0 Å². The molecule has 0 radical (unpaired) electrons. The van der Waals surface area contributed by atoms with Crippen LogP contribution >= 0.6 is 23.2 Å². The van der Waals surface area contributed by atoms with Crippen LogP contribution < -0.4 is 0 Å². The van der Waals surface area contributed by atoms with Gasteiger partial charge in [0.05, 0.1) is 45.4 Å². The lowest BCUT2D eigenvalue weighted by Crippen LogP contribution is -2.42. The number of carboxylic acids is 1. The van der Waals surface area contributed by atoms with E-state index in [1.807, 2.05) is 20.8 Å². The van der Waals surface area contributed by atoms with Gasteiger partial charge in [-0.2, -0.15) is 18.3 Å². The van der Waals surface area contributed by atoms with E-state index in [9.17, 15) is 32.7 Å². The van der Waals surface area contributed by atoms with Gasteiger partial charge >= 0.3 is 12.1 Å². The van der Waals surface area contributed by atoms with Crippen LogP contribution in [0.1, 0.15) is 92.3 Å². The number of halogens is 5. The first kappa shape index (κ1) is 30.9. The molecule has 8 nitrogen and oxygen atoms in total. The van der Waals surface area contributed by atoms with Crippen molar-refractivity contribution >= 4 is 40.9 Å². The molecule has 2 aromatic heterocycles. The lowest BCUT2D eigenvalue weighted by Gasteiger charge is -2.35. The first-order chi connectivity index (χ1) is 18.0. The van der Waals surface area contributed by atoms with Crippen molar-refractivity contribution in [3.05, 3.63) is 45.5 Å². The molecule has 1 amide bonds. The minimum atomic E-state index is -4.93. The van der Waals surface area contributed by atoms with E-state index >= 15 is 0 Å². The molecule has 214 valence electrons. The van der Waals surface area contributed by atoms with Crippen LogP contribution in [0.5, 0.6) is 0 Å². The van der Waals surface area contributed by atoms with Crippen LogP contribution in [-0.4, -0.2) is 55.5 Å². The number of nitrogens with zero attached hydrogens (tertiary/aromatic N) is 4. The second kappa shape index (κ2) is 11.4. The summed E-state index contributed by atoms with van der Waals surface area (Å²) in [6.07, 6.45) is -0.379. The molecule has 1 N–H and O–H groups in total. The molecular formula is C26H31Cl2F3N4O4. The van der Waals surface area contributed by atoms with Gasteiger partial charge in [-0.15, -0.1) is 0 Å². The van der Waals surface area contributed by atoms with Gasteiger partial charge in [-0.25, -0.2) is 0 Å². The molecule has 0 aromatic carbocycles. The second-order valence-corrected chi connectivity index (χ2v) is 11.8. The lowest BCUT2D eigenvalue weighted by atomic mass is 9.74. The van der Waals surface area contributed by atoms with Crippen LogP contribution in [-0.2, 0) is 11.0 Å². The molecule has 3 rings (SSSR count). The zero-order chi connectivity index (χ0) is 29.3. The first-order valence-electron chi connectivity index (χ1n) is 12.5.